The van der Waals surface area contributed by atoms with Crippen molar-refractivity contribution in [2.75, 3.05) is 18.4 Å². The quantitative estimate of drug-likeness (QED) is 0.461. The topological polar surface area (TPSA) is 65.7 Å². The van der Waals surface area contributed by atoms with Gasteiger partial charge in [0.1, 0.15) is 19.4 Å². The first kappa shape index (κ1) is 20.9. The van der Waals surface area contributed by atoms with Crippen LogP contribution in [0.4, 0.5) is 5.82 Å². The Morgan fingerprint density at radius 2 is 1.84 bits per heavy atom. The molecule has 0 saturated carbocycles. The van der Waals surface area contributed by atoms with Crippen LogP contribution >= 0.6 is 11.6 Å². The lowest BCUT2D eigenvalue weighted by molar-refractivity contribution is 0.209. The molecule has 2 aromatic heterocycles. The molecular weight excluding hydrogens is 421 g/mol. The first-order valence-corrected chi connectivity index (χ1v) is 11.1. The molecule has 0 bridgehead atoms. The Kier molecular flexibility index (Phi) is 5.76. The van der Waals surface area contributed by atoms with E-state index >= 15 is 0 Å². The summed E-state index contributed by atoms with van der Waals surface area (Å²) in [4.78, 5) is 7.08. The van der Waals surface area contributed by atoms with Gasteiger partial charge in [-0.25, -0.2) is 4.98 Å². The maximum atomic E-state index is 10.1. The van der Waals surface area contributed by atoms with Crippen molar-refractivity contribution in [3.05, 3.63) is 71.4 Å². The summed E-state index contributed by atoms with van der Waals surface area (Å²) in [5.41, 5.74) is 3.72. The summed E-state index contributed by atoms with van der Waals surface area (Å²) in [5, 5.41) is 18.8. The molecule has 32 heavy (non-hydrogen) atoms. The lowest BCUT2D eigenvalue weighted by Gasteiger charge is -2.33. The summed E-state index contributed by atoms with van der Waals surface area (Å²) in [6.45, 7) is 2.64. The highest BCUT2D eigenvalue weighted by Gasteiger charge is 2.21. The number of aromatic nitrogens is 3. The Morgan fingerprint density at radius 3 is 2.62 bits per heavy atom. The lowest BCUT2D eigenvalue weighted by Crippen LogP contribution is -2.39. The summed E-state index contributed by atoms with van der Waals surface area (Å²) in [6.07, 6.45) is 3.59. The zero-order chi connectivity index (χ0) is 22.1. The number of phenolic OH excluding ortho intramolecular Hbond substituents is 1. The molecule has 2 aromatic carbocycles. The van der Waals surface area contributed by atoms with E-state index in [9.17, 15) is 5.11 Å². The predicted octanol–water partition coefficient (Wildman–Crippen LogP) is 3.63. The lowest BCUT2D eigenvalue weighted by atomic mass is 10.0. The Morgan fingerprint density at radius 1 is 1.09 bits per heavy atom. The van der Waals surface area contributed by atoms with Crippen molar-refractivity contribution < 1.29 is 5.11 Å². The number of nitrogens with zero attached hydrogens (tertiary/aromatic N) is 4. The van der Waals surface area contributed by atoms with Gasteiger partial charge in [-0.15, -0.1) is 0 Å². The number of likely N-dealkylation sites (tertiary alicyclic amines) is 1. The minimum Gasteiger partial charge on any atom is -0.508 e. The van der Waals surface area contributed by atoms with Crippen LogP contribution in [0.15, 0.2) is 60.8 Å². The number of rotatable bonds is 5. The van der Waals surface area contributed by atoms with E-state index in [-0.39, 0.29) is 0 Å². The Hall–Kier alpha value is -3.03. The molecule has 4 aromatic rings. The molecule has 0 unspecified atom stereocenters. The van der Waals surface area contributed by atoms with E-state index in [4.69, 9.17) is 24.4 Å². The third-order valence-electron chi connectivity index (χ3n) is 5.97. The Balaban J connectivity index is 1.34. The molecule has 0 atom stereocenters. The smallest absolute Gasteiger partial charge is 0.150 e. The molecule has 0 amide bonds. The van der Waals surface area contributed by atoms with Crippen molar-refractivity contribution in [1.29, 1.82) is 0 Å². The highest BCUT2D eigenvalue weighted by atomic mass is 35.5. The van der Waals surface area contributed by atoms with Crippen molar-refractivity contribution in [2.45, 2.75) is 25.4 Å². The maximum absolute atomic E-state index is 10.1. The number of piperidine rings is 1. The molecule has 160 valence electrons. The SMILES string of the molecule is [B]c1cnn2c(NC3CCN(Cc4ccccc4O)CC3)cc(-c3ccccc3Cl)nc12. The van der Waals surface area contributed by atoms with Gasteiger partial charge in [0.2, 0.25) is 0 Å². The largest absolute Gasteiger partial charge is 0.508 e. The molecule has 1 fully saturated rings. The second-order valence-corrected chi connectivity index (χ2v) is 8.57. The van der Waals surface area contributed by atoms with E-state index in [0.29, 0.717) is 27.9 Å². The first-order valence-electron chi connectivity index (χ1n) is 10.7. The van der Waals surface area contributed by atoms with Gasteiger partial charge in [-0.2, -0.15) is 9.61 Å². The van der Waals surface area contributed by atoms with E-state index in [1.54, 1.807) is 16.8 Å². The van der Waals surface area contributed by atoms with Crippen LogP contribution in [0.1, 0.15) is 18.4 Å². The molecule has 2 N–H and O–H groups in total. The van der Waals surface area contributed by atoms with Crippen LogP contribution in [0.3, 0.4) is 0 Å². The number of para-hydroxylation sites is 1. The number of aromatic hydroxyl groups is 1. The van der Waals surface area contributed by atoms with Gasteiger partial charge in [0.05, 0.1) is 5.69 Å². The van der Waals surface area contributed by atoms with Gasteiger partial charge in [0.15, 0.2) is 5.65 Å². The van der Waals surface area contributed by atoms with Gasteiger partial charge >= 0.3 is 0 Å². The molecule has 8 heteroatoms. The van der Waals surface area contributed by atoms with E-state index in [2.05, 4.69) is 15.3 Å². The first-order chi connectivity index (χ1) is 15.6. The standard InChI is InChI=1S/C24H23BClN5O/c25-19-14-27-31-23(13-21(29-24(19)31)18-6-2-3-7-20(18)26)28-17-9-11-30(12-10-17)15-16-5-1-4-8-22(16)32/h1-8,13-14,17,28,32H,9-12,15H2. The summed E-state index contributed by atoms with van der Waals surface area (Å²) >= 11 is 6.42. The maximum Gasteiger partial charge on any atom is 0.150 e. The minimum absolute atomic E-state index is 0.297. The zero-order valence-electron chi connectivity index (χ0n) is 17.6. The molecule has 3 heterocycles. The number of hydrogen-bond acceptors (Lipinski definition) is 5. The molecule has 2 radical (unpaired) electrons. The fourth-order valence-corrected chi connectivity index (χ4v) is 4.45. The van der Waals surface area contributed by atoms with Crippen molar-refractivity contribution >= 4 is 36.4 Å². The van der Waals surface area contributed by atoms with E-state index < -0.39 is 0 Å². The van der Waals surface area contributed by atoms with Gasteiger partial charge < -0.3 is 10.4 Å². The number of hydrogen-bond donors (Lipinski definition) is 2. The van der Waals surface area contributed by atoms with Crippen molar-refractivity contribution in [3.63, 3.8) is 0 Å². The average molecular weight is 444 g/mol. The third kappa shape index (κ3) is 4.18. The monoisotopic (exact) mass is 443 g/mol. The van der Waals surface area contributed by atoms with Crippen LogP contribution in [0.25, 0.3) is 16.9 Å². The highest BCUT2D eigenvalue weighted by Crippen LogP contribution is 2.29. The number of phenols is 1. The Bertz CT molecular complexity index is 1250. The van der Waals surface area contributed by atoms with Crippen LogP contribution in [-0.2, 0) is 6.54 Å². The summed E-state index contributed by atoms with van der Waals surface area (Å²) in [6, 6.07) is 17.5. The third-order valence-corrected chi connectivity index (χ3v) is 6.30. The molecule has 0 aliphatic carbocycles. The predicted molar refractivity (Wildman–Crippen MR) is 129 cm³/mol. The van der Waals surface area contributed by atoms with E-state index in [0.717, 1.165) is 55.1 Å². The number of anilines is 1. The number of nitrogens with one attached hydrogen (secondary N) is 1. The Labute approximate surface area is 193 Å². The number of fused-ring (bicyclic) bond motifs is 1. The molecule has 0 spiro atoms. The second kappa shape index (κ2) is 8.84. The normalized spacial score (nSPS) is 15.3. The van der Waals surface area contributed by atoms with Gasteiger partial charge in [-0.05, 0) is 30.4 Å². The summed E-state index contributed by atoms with van der Waals surface area (Å²) < 4.78 is 1.75. The number of benzene rings is 2. The average Bonchev–Trinajstić information content (AvgIpc) is 3.18. The molecule has 6 nitrogen and oxygen atoms in total. The fourth-order valence-electron chi connectivity index (χ4n) is 4.22. The van der Waals surface area contributed by atoms with E-state index in [1.165, 1.54) is 0 Å². The molecule has 1 aliphatic rings. The van der Waals surface area contributed by atoms with Crippen LogP contribution in [0.5, 0.6) is 5.75 Å². The zero-order valence-corrected chi connectivity index (χ0v) is 18.3. The molecular formula is C24H23BClN5O. The van der Waals surface area contributed by atoms with Crippen LogP contribution in [-0.4, -0.2) is 51.6 Å². The molecule has 1 saturated heterocycles. The van der Waals surface area contributed by atoms with Gasteiger partial charge in [-0.3, -0.25) is 4.90 Å². The number of halogens is 1. The molecule has 1 aliphatic heterocycles. The fraction of sp³-hybridized carbons (Fsp3) is 0.250. The van der Waals surface area contributed by atoms with Gasteiger partial charge in [0, 0.05) is 54.1 Å². The van der Waals surface area contributed by atoms with Crippen LogP contribution in [0.2, 0.25) is 5.02 Å². The van der Waals surface area contributed by atoms with Crippen molar-refractivity contribution in [2.24, 2.45) is 0 Å². The second-order valence-electron chi connectivity index (χ2n) is 8.17. The van der Waals surface area contributed by atoms with Crippen LogP contribution in [0, 0.1) is 0 Å². The summed E-state index contributed by atoms with van der Waals surface area (Å²) in [7, 11) is 6.13. The summed E-state index contributed by atoms with van der Waals surface area (Å²) in [5.74, 6) is 1.20. The van der Waals surface area contributed by atoms with Gasteiger partial charge in [-0.1, -0.05) is 48.0 Å². The van der Waals surface area contributed by atoms with Crippen molar-refractivity contribution in [3.8, 4) is 17.0 Å². The van der Waals surface area contributed by atoms with Crippen molar-refractivity contribution in [1.82, 2.24) is 19.5 Å². The van der Waals surface area contributed by atoms with Crippen LogP contribution < -0.4 is 10.8 Å². The minimum atomic E-state index is 0.297. The van der Waals surface area contributed by atoms with E-state index in [1.807, 2.05) is 48.5 Å². The molecule has 5 rings (SSSR count). The highest BCUT2D eigenvalue weighted by molar-refractivity contribution is 6.36. The van der Waals surface area contributed by atoms with Gasteiger partial charge in [0.25, 0.3) is 0 Å².